The first kappa shape index (κ1) is 28.9. The third kappa shape index (κ3) is 6.36. The topological polar surface area (TPSA) is 113 Å². The Morgan fingerprint density at radius 3 is 2.67 bits per heavy atom. The number of methoxy groups -OCH3 is 1. The van der Waals surface area contributed by atoms with Crippen molar-refractivity contribution in [3.05, 3.63) is 66.2 Å². The van der Waals surface area contributed by atoms with E-state index < -0.39 is 16.1 Å². The summed E-state index contributed by atoms with van der Waals surface area (Å²) >= 11 is 0. The summed E-state index contributed by atoms with van der Waals surface area (Å²) < 4.78 is 41.2. The van der Waals surface area contributed by atoms with Gasteiger partial charge in [0.25, 0.3) is 10.0 Å². The number of aromatic nitrogens is 1. The van der Waals surface area contributed by atoms with Crippen molar-refractivity contribution in [2.45, 2.75) is 43.6 Å². The van der Waals surface area contributed by atoms with Gasteiger partial charge in [-0.1, -0.05) is 32.0 Å². The smallest absolute Gasteiger partial charge is 0.264 e. The van der Waals surface area contributed by atoms with Gasteiger partial charge in [-0.05, 0) is 60.4 Å². The number of ether oxygens (including phenoxy) is 2. The van der Waals surface area contributed by atoms with E-state index in [0.29, 0.717) is 36.6 Å². The number of fused-ring (bicyclic) bond motifs is 1. The normalized spacial score (nSPS) is 15.3. The first-order valence-electron chi connectivity index (χ1n) is 13.0. The molecular formula is C29H35N5O5S. The van der Waals surface area contributed by atoms with Crippen LogP contribution in [0, 0.1) is 0 Å². The van der Waals surface area contributed by atoms with Crippen LogP contribution >= 0.6 is 0 Å². The summed E-state index contributed by atoms with van der Waals surface area (Å²) in [5, 5.41) is 3.87. The highest BCUT2D eigenvalue weighted by Gasteiger charge is 2.35. The molecule has 0 fully saturated rings. The van der Waals surface area contributed by atoms with Crippen LogP contribution in [0.3, 0.4) is 0 Å². The zero-order valence-electron chi connectivity index (χ0n) is 23.4. The fraction of sp³-hybridized carbons (Fsp3) is 0.345. The summed E-state index contributed by atoms with van der Waals surface area (Å²) in [7, 11) is 1.36. The molecular weight excluding hydrogens is 530 g/mol. The summed E-state index contributed by atoms with van der Waals surface area (Å²) in [6.07, 6.45) is 0.729. The van der Waals surface area contributed by atoms with E-state index >= 15 is 0 Å². The van der Waals surface area contributed by atoms with E-state index in [-0.39, 0.29) is 17.4 Å². The summed E-state index contributed by atoms with van der Waals surface area (Å²) in [5.41, 5.74) is 5.11. The van der Waals surface area contributed by atoms with Crippen LogP contribution in [0.5, 0.6) is 5.75 Å². The Balaban J connectivity index is 1.75. The number of amides is 1. The van der Waals surface area contributed by atoms with Crippen LogP contribution in [0.25, 0.3) is 11.3 Å². The van der Waals surface area contributed by atoms with Crippen molar-refractivity contribution in [3.63, 3.8) is 0 Å². The molecule has 0 saturated carbocycles. The number of hydrogen-bond acceptors (Lipinski definition) is 8. The summed E-state index contributed by atoms with van der Waals surface area (Å²) in [6.45, 7) is 4.15. The Bertz CT molecular complexity index is 1490. The Kier molecular flexibility index (Phi) is 8.93. The van der Waals surface area contributed by atoms with Crippen molar-refractivity contribution < 1.29 is 22.7 Å². The lowest BCUT2D eigenvalue weighted by Gasteiger charge is -2.36. The molecule has 0 aliphatic carbocycles. The summed E-state index contributed by atoms with van der Waals surface area (Å²) in [6, 6.07) is 18.3. The first-order chi connectivity index (χ1) is 19.1. The molecule has 0 radical (unpaired) electrons. The van der Waals surface area contributed by atoms with E-state index in [4.69, 9.17) is 14.5 Å². The van der Waals surface area contributed by atoms with Crippen LogP contribution in [-0.2, 0) is 19.6 Å². The van der Waals surface area contributed by atoms with Gasteiger partial charge in [0.15, 0.2) is 0 Å². The van der Waals surface area contributed by atoms with Crippen LogP contribution in [0.2, 0.25) is 0 Å². The number of hydrogen-bond donors (Lipinski definition) is 1. The number of carbonyl (C=O) groups is 1. The summed E-state index contributed by atoms with van der Waals surface area (Å²) in [5.74, 6) is 1.73. The monoisotopic (exact) mass is 565 g/mol. The molecule has 1 N–H and O–H groups in total. The number of rotatable bonds is 10. The van der Waals surface area contributed by atoms with E-state index in [9.17, 15) is 13.2 Å². The van der Waals surface area contributed by atoms with Crippen molar-refractivity contribution in [1.29, 1.82) is 0 Å². The Labute approximate surface area is 235 Å². The van der Waals surface area contributed by atoms with Gasteiger partial charge in [-0.15, -0.1) is 5.10 Å². The lowest BCUT2D eigenvalue weighted by molar-refractivity contribution is -0.109. The zero-order valence-corrected chi connectivity index (χ0v) is 24.2. The number of anilines is 2. The third-order valence-corrected chi connectivity index (χ3v) is 8.43. The van der Waals surface area contributed by atoms with Crippen LogP contribution in [-0.4, -0.2) is 59.6 Å². The highest BCUT2D eigenvalue weighted by molar-refractivity contribution is 7.92. The quantitative estimate of drug-likeness (QED) is 0.168. The van der Waals surface area contributed by atoms with E-state index in [1.54, 1.807) is 24.3 Å². The second-order valence-electron chi connectivity index (χ2n) is 9.96. The van der Waals surface area contributed by atoms with Crippen molar-refractivity contribution >= 4 is 33.8 Å². The van der Waals surface area contributed by atoms with Crippen molar-refractivity contribution in [1.82, 2.24) is 10.4 Å². The predicted molar refractivity (Wildman–Crippen MR) is 156 cm³/mol. The maximum atomic E-state index is 14.1. The molecule has 2 aromatic carbocycles. The van der Waals surface area contributed by atoms with Gasteiger partial charge in [-0.3, -0.25) is 9.10 Å². The molecule has 4 rings (SSSR count). The highest BCUT2D eigenvalue weighted by atomic mass is 32.2. The molecule has 11 heteroatoms. The van der Waals surface area contributed by atoms with Gasteiger partial charge in [-0.25, -0.2) is 18.8 Å². The molecule has 0 saturated heterocycles. The molecule has 1 aliphatic heterocycles. The first-order valence-corrected chi connectivity index (χ1v) is 14.5. The fourth-order valence-electron chi connectivity index (χ4n) is 4.43. The second-order valence-corrected chi connectivity index (χ2v) is 11.8. The second kappa shape index (κ2) is 12.4. The molecule has 2 heterocycles. The average Bonchev–Trinajstić information content (AvgIpc) is 2.96. The van der Waals surface area contributed by atoms with Crippen molar-refractivity contribution in [2.75, 3.05) is 37.0 Å². The Morgan fingerprint density at radius 1 is 1.20 bits per heavy atom. The number of nitrogens with zero attached hydrogens (tertiary/aromatic N) is 4. The van der Waals surface area contributed by atoms with Gasteiger partial charge < -0.3 is 14.4 Å². The molecule has 0 spiro atoms. The lowest BCUT2D eigenvalue weighted by atomic mass is 10.0. The maximum absolute atomic E-state index is 14.1. The van der Waals surface area contributed by atoms with Crippen LogP contribution < -0.4 is 19.4 Å². The Hall–Kier alpha value is -4.12. The number of nitrogens with one attached hydrogen (secondary N) is 1. The van der Waals surface area contributed by atoms with Gasteiger partial charge in [0, 0.05) is 26.1 Å². The number of benzene rings is 2. The van der Waals surface area contributed by atoms with E-state index in [0.717, 1.165) is 22.6 Å². The molecule has 1 amide bonds. The van der Waals surface area contributed by atoms with Gasteiger partial charge in [0.1, 0.15) is 17.7 Å². The van der Waals surface area contributed by atoms with E-state index in [2.05, 4.69) is 10.5 Å². The van der Waals surface area contributed by atoms with Gasteiger partial charge >= 0.3 is 0 Å². The minimum absolute atomic E-state index is 0.0912. The van der Waals surface area contributed by atoms with Crippen LogP contribution in [0.4, 0.5) is 11.5 Å². The molecule has 3 aromatic rings. The minimum atomic E-state index is -3.94. The number of carbonyl (C=O) groups excluding carboxylic acids is 1. The lowest BCUT2D eigenvalue weighted by Crippen LogP contribution is -2.43. The highest BCUT2D eigenvalue weighted by Crippen LogP contribution is 2.40. The molecule has 0 unspecified atom stereocenters. The predicted octanol–water partition coefficient (Wildman–Crippen LogP) is 4.38. The molecule has 212 valence electrons. The minimum Gasteiger partial charge on any atom is -0.486 e. The fourth-order valence-corrected chi connectivity index (χ4v) is 5.98. The number of sulfonamides is 1. The molecule has 1 aliphatic rings. The largest absolute Gasteiger partial charge is 0.486 e. The van der Waals surface area contributed by atoms with E-state index in [1.807, 2.05) is 69.2 Å². The molecule has 10 nitrogen and oxygen atoms in total. The average molecular weight is 566 g/mol. The Morgan fingerprint density at radius 2 is 1.98 bits per heavy atom. The van der Waals surface area contributed by atoms with Gasteiger partial charge in [0.2, 0.25) is 12.3 Å². The number of pyridine rings is 1. The molecule has 0 bridgehead atoms. The zero-order chi connectivity index (χ0) is 28.9. The standard InChI is InChI=1S/C29H35N5O5S/c1-20(2)21-8-6-9-24(16-21)40(36,37)34-18-23(13-15-29(38-5)32-30-19-35)39-27-14-12-22(17-26(27)34)25-10-7-11-28(31-25)33(3)4/h6-12,14,16-17,19-20,23H,13,15,18H2,1-5H3,(H,30,35)/b32-29-/t23-/m0/s1. The SMILES string of the molecule is CO/C(CC[C@H]1CN(S(=O)(=O)c2cccc(C(C)C)c2)c2cc(-c3cccc(N(C)C)n3)ccc2O1)=N\NC=O. The summed E-state index contributed by atoms with van der Waals surface area (Å²) in [4.78, 5) is 17.5. The van der Waals surface area contributed by atoms with E-state index in [1.165, 1.54) is 11.4 Å². The molecule has 1 atom stereocenters. The van der Waals surface area contributed by atoms with Crippen molar-refractivity contribution in [3.8, 4) is 17.0 Å². The van der Waals surface area contributed by atoms with Gasteiger partial charge in [-0.2, -0.15) is 0 Å². The molecule has 40 heavy (non-hydrogen) atoms. The van der Waals surface area contributed by atoms with Crippen LogP contribution in [0.1, 0.15) is 38.2 Å². The molecule has 1 aromatic heterocycles. The van der Waals surface area contributed by atoms with Crippen molar-refractivity contribution in [2.24, 2.45) is 5.10 Å². The van der Waals surface area contributed by atoms with Crippen LogP contribution in [0.15, 0.2) is 70.7 Å². The van der Waals surface area contributed by atoms with Gasteiger partial charge in [0.05, 0.1) is 29.9 Å². The number of hydrazone groups is 1. The third-order valence-electron chi connectivity index (χ3n) is 6.65. The maximum Gasteiger partial charge on any atom is 0.264 e.